The second-order valence-electron chi connectivity index (χ2n) is 7.99. The van der Waals surface area contributed by atoms with Gasteiger partial charge in [0.15, 0.2) is 0 Å². The Hall–Kier alpha value is -2.92. The minimum atomic E-state index is -5.03. The number of guanidine groups is 1. The summed E-state index contributed by atoms with van der Waals surface area (Å²) in [5.74, 6) is -4.99. The monoisotopic (exact) mass is 677 g/mol. The van der Waals surface area contributed by atoms with E-state index in [2.05, 4.69) is 21.4 Å². The van der Waals surface area contributed by atoms with Gasteiger partial charge < -0.3 is 60.8 Å². The third-order valence-corrected chi connectivity index (χ3v) is 5.08. The number of benzene rings is 1. The van der Waals surface area contributed by atoms with Crippen LogP contribution in [0.3, 0.4) is 0 Å². The van der Waals surface area contributed by atoms with Crippen LogP contribution in [0.4, 0.5) is 13.2 Å². The second kappa shape index (κ2) is 17.6. The Morgan fingerprint density at radius 1 is 1.05 bits per heavy atom. The number of hydrogen-bond donors (Lipinski definition) is 8. The lowest BCUT2D eigenvalue weighted by Gasteiger charge is -2.26. The third kappa shape index (κ3) is 13.0. The van der Waals surface area contributed by atoms with E-state index in [1.807, 2.05) is 35.6 Å². The number of carboxylic acid groups (broad SMARTS) is 1. The Bertz CT molecular complexity index is 951. The highest BCUT2D eigenvalue weighted by molar-refractivity contribution is 5.93. The summed E-state index contributed by atoms with van der Waals surface area (Å²) < 4.78 is 40.6. The summed E-state index contributed by atoms with van der Waals surface area (Å²) in [4.78, 5) is 50.4. The molecule has 0 aromatic heterocycles. The van der Waals surface area contributed by atoms with Gasteiger partial charge in [-0.3, -0.25) is 35.6 Å². The first-order chi connectivity index (χ1) is 16.8. The number of amides is 3. The molecule has 0 saturated heterocycles. The zero-order valence-electron chi connectivity index (χ0n) is 20.2. The smallest absolute Gasteiger partial charge is 0.453 e. The van der Waals surface area contributed by atoms with E-state index in [0.29, 0.717) is 6.42 Å². The molecule has 0 saturated carbocycles. The van der Waals surface area contributed by atoms with Crippen LogP contribution < -0.4 is 72.1 Å². The van der Waals surface area contributed by atoms with Crippen molar-refractivity contribution in [3.63, 3.8) is 0 Å². The topological polar surface area (TPSA) is 218 Å². The molecule has 0 bridgehead atoms. The fraction of sp³-hybridized carbons (Fsp3) is 0.476. The second-order valence-corrected chi connectivity index (χ2v) is 7.99. The molecule has 1 aromatic carbocycles. The molecule has 0 unspecified atom stereocenters. The number of carbonyl (C=O) groups is 4. The van der Waals surface area contributed by atoms with Gasteiger partial charge in [-0.1, -0.05) is 30.3 Å². The number of quaternary nitrogens is 1. The van der Waals surface area contributed by atoms with E-state index in [1.54, 1.807) is 0 Å². The van der Waals surface area contributed by atoms with Crippen LogP contribution in [0.5, 0.6) is 0 Å². The molecule has 0 aliphatic rings. The molecular weight excluding hydrogens is 647 g/mol. The predicted octanol–water partition coefficient (Wildman–Crippen LogP) is -9.89. The van der Waals surface area contributed by atoms with Crippen LogP contribution in [0, 0.1) is 0 Å². The molecule has 12 N–H and O–H groups in total. The molecule has 2 atom stereocenters. The molecular formula is C21H32Br2F3N7O5. The Morgan fingerprint density at radius 3 is 2.18 bits per heavy atom. The number of alkyl halides is 3. The van der Waals surface area contributed by atoms with E-state index < -0.39 is 60.8 Å². The lowest BCUT2D eigenvalue weighted by molar-refractivity contribution is -0.523. The molecule has 38 heavy (non-hydrogen) atoms. The molecule has 0 aliphatic carbocycles. The molecule has 0 spiro atoms. The highest BCUT2D eigenvalue weighted by Gasteiger charge is 2.61. The number of carboxylic acids is 1. The molecule has 0 radical (unpaired) electrons. The fourth-order valence-electron chi connectivity index (χ4n) is 3.06. The standard InChI is InChI=1S/C21H30F3N7O5.2BrH/c22-21(23,24)20(27,8-4-9-29-19(25)26)18(36)30-12-15(32)31-14(11-16(33)34)17(35)28-10-7-13-5-2-1-3-6-13;;/h1-3,5-6,14H,4,7-12,27H2,(H,28,35)(H,30,36)(H,31,32)(H,33,34)(H4,25,26,29);2*1H/t14-,20-;;/m0../s1. The highest BCUT2D eigenvalue weighted by Crippen LogP contribution is 2.30. The minimum Gasteiger partial charge on any atom is -1.00 e. The largest absolute Gasteiger partial charge is 1.00 e. The van der Waals surface area contributed by atoms with Crippen LogP contribution >= 0.6 is 0 Å². The summed E-state index contributed by atoms with van der Waals surface area (Å²) in [5.41, 5.74) is 11.2. The molecule has 1 aromatic rings. The average Bonchev–Trinajstić information content (AvgIpc) is 2.79. The zero-order valence-corrected chi connectivity index (χ0v) is 23.4. The number of aliphatic carboxylic acids is 1. The van der Waals surface area contributed by atoms with Gasteiger partial charge in [-0.2, -0.15) is 13.2 Å². The first kappa shape index (κ1) is 37.2. The number of nitrogens with two attached hydrogens (primary N) is 2. The van der Waals surface area contributed by atoms with Crippen molar-refractivity contribution in [2.24, 2.45) is 11.5 Å². The van der Waals surface area contributed by atoms with Crippen LogP contribution in [-0.4, -0.2) is 72.1 Å². The van der Waals surface area contributed by atoms with E-state index in [-0.39, 0.29) is 59.4 Å². The number of rotatable bonds is 14. The van der Waals surface area contributed by atoms with Crippen LogP contribution in [-0.2, 0) is 25.6 Å². The van der Waals surface area contributed by atoms with Gasteiger partial charge >= 0.3 is 18.1 Å². The molecule has 0 heterocycles. The van der Waals surface area contributed by atoms with Gasteiger partial charge in [0.1, 0.15) is 6.04 Å². The fourth-order valence-corrected chi connectivity index (χ4v) is 3.06. The maximum absolute atomic E-state index is 13.5. The summed E-state index contributed by atoms with van der Waals surface area (Å²) in [6.07, 6.45) is -6.24. The van der Waals surface area contributed by atoms with E-state index in [1.165, 1.54) is 0 Å². The van der Waals surface area contributed by atoms with E-state index in [4.69, 9.17) is 16.6 Å². The Kier molecular flexibility index (Phi) is 17.2. The van der Waals surface area contributed by atoms with Gasteiger partial charge in [-0.05, 0) is 18.4 Å². The van der Waals surface area contributed by atoms with Crippen molar-refractivity contribution in [3.8, 4) is 0 Å². The van der Waals surface area contributed by atoms with Crippen molar-refractivity contribution in [2.45, 2.75) is 43.4 Å². The average molecular weight is 679 g/mol. The molecule has 0 aliphatic heterocycles. The Labute approximate surface area is 237 Å². The minimum absolute atomic E-state index is 0. The molecule has 17 heteroatoms. The van der Waals surface area contributed by atoms with Gasteiger partial charge in [0, 0.05) is 13.0 Å². The molecule has 0 fully saturated rings. The van der Waals surface area contributed by atoms with Crippen molar-refractivity contribution < 1.29 is 82.1 Å². The van der Waals surface area contributed by atoms with Gasteiger partial charge in [-0.15, -0.1) is 0 Å². The van der Waals surface area contributed by atoms with Crippen LogP contribution in [0.1, 0.15) is 24.8 Å². The van der Waals surface area contributed by atoms with Crippen molar-refractivity contribution >= 4 is 29.7 Å². The molecule has 3 amide bonds. The lowest BCUT2D eigenvalue weighted by atomic mass is 9.92. The molecule has 12 nitrogen and oxygen atoms in total. The number of nitrogens with one attached hydrogen (secondary N) is 4. The van der Waals surface area contributed by atoms with Crippen LogP contribution in [0.15, 0.2) is 30.3 Å². The van der Waals surface area contributed by atoms with E-state index >= 15 is 0 Å². The van der Waals surface area contributed by atoms with E-state index in [0.717, 1.165) is 5.56 Å². The van der Waals surface area contributed by atoms with Crippen molar-refractivity contribution in [1.29, 1.82) is 0 Å². The maximum atomic E-state index is 13.5. The maximum Gasteiger partial charge on any atom is 0.453 e. The van der Waals surface area contributed by atoms with Gasteiger partial charge in [0.25, 0.3) is 11.4 Å². The van der Waals surface area contributed by atoms with Crippen LogP contribution in [0.25, 0.3) is 0 Å². The highest BCUT2D eigenvalue weighted by atomic mass is 79.9. The summed E-state index contributed by atoms with van der Waals surface area (Å²) >= 11 is 0. The first-order valence-electron chi connectivity index (χ1n) is 10.9. The Morgan fingerprint density at radius 2 is 1.66 bits per heavy atom. The molecule has 216 valence electrons. The predicted molar refractivity (Wildman–Crippen MR) is 120 cm³/mol. The third-order valence-electron chi connectivity index (χ3n) is 5.08. The van der Waals surface area contributed by atoms with Crippen LogP contribution in [0.2, 0.25) is 0 Å². The van der Waals surface area contributed by atoms with Gasteiger partial charge in [0.2, 0.25) is 11.8 Å². The van der Waals surface area contributed by atoms with Gasteiger partial charge in [0.05, 0.1) is 19.5 Å². The van der Waals surface area contributed by atoms with E-state index in [9.17, 15) is 32.3 Å². The van der Waals surface area contributed by atoms with Gasteiger partial charge in [-0.25, -0.2) is 0 Å². The summed E-state index contributed by atoms with van der Waals surface area (Å²) in [6.45, 7) is -0.815. The number of hydrogen-bond acceptors (Lipinski definition) is 4. The first-order valence-corrected chi connectivity index (χ1v) is 10.9. The van der Waals surface area contributed by atoms with Crippen molar-refractivity contribution in [3.05, 3.63) is 35.9 Å². The lowest BCUT2D eigenvalue weighted by Crippen LogP contribution is -3.00. The van der Waals surface area contributed by atoms with Crippen molar-refractivity contribution in [1.82, 2.24) is 16.0 Å². The SMILES string of the molecule is NC(N)=[NH+]CCC[C@]([NH3+])(C(=O)NCC(=O)N[C@@H](CC(=O)O)C(=O)NCCc1ccccc1)C(F)(F)F.[Br-].[Br-]. The normalized spacial score (nSPS) is 12.8. The van der Waals surface area contributed by atoms with Crippen molar-refractivity contribution in [2.75, 3.05) is 19.6 Å². The summed E-state index contributed by atoms with van der Waals surface area (Å²) in [5, 5.41) is 15.5. The quantitative estimate of drug-likeness (QED) is 0.0539. The number of carbonyl (C=O) groups excluding carboxylic acids is 3. The zero-order chi connectivity index (χ0) is 27.4. The number of halogens is 5. The molecule has 1 rings (SSSR count). The Balaban J connectivity index is 0. The summed E-state index contributed by atoms with van der Waals surface area (Å²) in [6, 6.07) is 7.60. The summed E-state index contributed by atoms with van der Waals surface area (Å²) in [7, 11) is 0.